The van der Waals surface area contributed by atoms with Gasteiger partial charge >= 0.3 is 5.97 Å². The lowest BCUT2D eigenvalue weighted by atomic mass is 9.98. The van der Waals surface area contributed by atoms with Crippen molar-refractivity contribution in [1.29, 1.82) is 0 Å². The van der Waals surface area contributed by atoms with Gasteiger partial charge in [-0.25, -0.2) is 4.39 Å². The van der Waals surface area contributed by atoms with Crippen LogP contribution in [0.15, 0.2) is 24.3 Å². The molecule has 0 radical (unpaired) electrons. The molecule has 1 aliphatic rings. The largest absolute Gasteiger partial charge is 0.481 e. The minimum absolute atomic E-state index is 0.284. The number of nitrogens with zero attached hydrogens (tertiary/aromatic N) is 1. The van der Waals surface area contributed by atoms with Crippen molar-refractivity contribution in [3.05, 3.63) is 35.6 Å². The molecule has 0 amide bonds. The first-order valence-electron chi connectivity index (χ1n) is 5.88. The molecule has 1 N–H and O–H groups in total. The minimum atomic E-state index is -0.956. The fraction of sp³-hybridized carbons (Fsp3) is 0.462. The average molecular weight is 237 g/mol. The zero-order valence-corrected chi connectivity index (χ0v) is 9.60. The van der Waals surface area contributed by atoms with Crippen molar-refractivity contribution in [2.24, 2.45) is 0 Å². The van der Waals surface area contributed by atoms with Crippen LogP contribution in [0.2, 0.25) is 0 Å². The van der Waals surface area contributed by atoms with Crippen LogP contribution in [0, 0.1) is 5.82 Å². The summed E-state index contributed by atoms with van der Waals surface area (Å²) < 4.78 is 13.6. The van der Waals surface area contributed by atoms with E-state index < -0.39 is 17.7 Å². The number of hydrogen-bond donors (Lipinski definition) is 1. The first kappa shape index (κ1) is 12.0. The highest BCUT2D eigenvalue weighted by molar-refractivity contribution is 5.76. The van der Waals surface area contributed by atoms with Gasteiger partial charge in [-0.05, 0) is 32.0 Å². The Kier molecular flexibility index (Phi) is 3.74. The molecule has 0 spiro atoms. The molecule has 3 nitrogen and oxygen atoms in total. The summed E-state index contributed by atoms with van der Waals surface area (Å²) in [6.07, 6.45) is 2.20. The number of likely N-dealkylation sites (tertiary alicyclic amines) is 1. The zero-order valence-electron chi connectivity index (χ0n) is 9.60. The third-order valence-corrected chi connectivity index (χ3v) is 3.22. The number of benzene rings is 1. The number of halogens is 1. The van der Waals surface area contributed by atoms with Crippen LogP contribution in [0.5, 0.6) is 0 Å². The Morgan fingerprint density at radius 1 is 1.35 bits per heavy atom. The summed E-state index contributed by atoms with van der Waals surface area (Å²) in [6, 6.07) is 6.13. The van der Waals surface area contributed by atoms with Gasteiger partial charge in [-0.3, -0.25) is 4.79 Å². The molecule has 17 heavy (non-hydrogen) atoms. The van der Waals surface area contributed by atoms with Crippen LogP contribution in [-0.2, 0) is 4.79 Å². The maximum Gasteiger partial charge on any atom is 0.312 e. The fourth-order valence-electron chi connectivity index (χ4n) is 2.29. The Bertz CT molecular complexity index is 402. The number of aliphatic carboxylic acids is 1. The van der Waals surface area contributed by atoms with E-state index in [1.807, 2.05) is 0 Å². The van der Waals surface area contributed by atoms with Crippen LogP contribution < -0.4 is 0 Å². The van der Waals surface area contributed by atoms with Gasteiger partial charge in [-0.1, -0.05) is 18.2 Å². The van der Waals surface area contributed by atoms with E-state index in [1.165, 1.54) is 6.07 Å². The van der Waals surface area contributed by atoms with Crippen molar-refractivity contribution in [1.82, 2.24) is 4.90 Å². The summed E-state index contributed by atoms with van der Waals surface area (Å²) in [4.78, 5) is 13.3. The van der Waals surface area contributed by atoms with E-state index in [1.54, 1.807) is 18.2 Å². The Balaban J connectivity index is 2.17. The summed E-state index contributed by atoms with van der Waals surface area (Å²) in [7, 11) is 0. The quantitative estimate of drug-likeness (QED) is 0.871. The molecule has 1 aromatic carbocycles. The molecule has 1 saturated heterocycles. The van der Waals surface area contributed by atoms with Gasteiger partial charge in [0, 0.05) is 12.1 Å². The Labute approximate surface area is 99.9 Å². The summed E-state index contributed by atoms with van der Waals surface area (Å²) in [5, 5.41) is 9.22. The molecule has 1 fully saturated rings. The lowest BCUT2D eigenvalue weighted by Gasteiger charge is -2.20. The zero-order chi connectivity index (χ0) is 12.3. The number of carbonyl (C=O) groups is 1. The monoisotopic (exact) mass is 237 g/mol. The fourth-order valence-corrected chi connectivity index (χ4v) is 2.29. The molecule has 92 valence electrons. The van der Waals surface area contributed by atoms with Crippen molar-refractivity contribution in [2.75, 3.05) is 19.6 Å². The summed E-state index contributed by atoms with van der Waals surface area (Å²) in [5.41, 5.74) is 0.284. The predicted octanol–water partition coefficient (Wildman–Crippen LogP) is 2.09. The second kappa shape index (κ2) is 5.27. The highest BCUT2D eigenvalue weighted by Gasteiger charge is 2.26. The molecule has 0 aromatic heterocycles. The Hall–Kier alpha value is -1.42. The molecule has 1 atom stereocenters. The van der Waals surface area contributed by atoms with Gasteiger partial charge < -0.3 is 10.0 Å². The van der Waals surface area contributed by atoms with Crippen molar-refractivity contribution in [3.63, 3.8) is 0 Å². The predicted molar refractivity (Wildman–Crippen MR) is 62.5 cm³/mol. The lowest BCUT2D eigenvalue weighted by Crippen LogP contribution is -2.30. The number of carboxylic acids is 1. The standard InChI is InChI=1S/C13H16FNO2/c14-12-6-2-1-5-10(12)11(13(16)17)9-15-7-3-4-8-15/h1-2,5-6,11H,3-4,7-9H2,(H,16,17). The van der Waals surface area contributed by atoms with Gasteiger partial charge in [0.25, 0.3) is 0 Å². The Morgan fingerprint density at radius 2 is 2.00 bits per heavy atom. The molecule has 0 saturated carbocycles. The van der Waals surface area contributed by atoms with Crippen LogP contribution in [0.1, 0.15) is 24.3 Å². The van der Waals surface area contributed by atoms with Crippen molar-refractivity contribution in [3.8, 4) is 0 Å². The van der Waals surface area contributed by atoms with E-state index >= 15 is 0 Å². The highest BCUT2D eigenvalue weighted by atomic mass is 19.1. The van der Waals surface area contributed by atoms with E-state index in [0.717, 1.165) is 25.9 Å². The molecule has 1 heterocycles. The molecule has 2 rings (SSSR count). The smallest absolute Gasteiger partial charge is 0.312 e. The van der Waals surface area contributed by atoms with Gasteiger partial charge in [-0.15, -0.1) is 0 Å². The summed E-state index contributed by atoms with van der Waals surface area (Å²) in [5.74, 6) is -2.16. The Morgan fingerprint density at radius 3 is 2.59 bits per heavy atom. The molecular formula is C13H16FNO2. The van der Waals surface area contributed by atoms with Crippen LogP contribution in [-0.4, -0.2) is 35.6 Å². The molecule has 1 unspecified atom stereocenters. The van der Waals surface area contributed by atoms with Crippen molar-refractivity contribution >= 4 is 5.97 Å². The normalized spacial score (nSPS) is 18.2. The van der Waals surface area contributed by atoms with Crippen LogP contribution >= 0.6 is 0 Å². The number of rotatable bonds is 4. The molecule has 1 aliphatic heterocycles. The third-order valence-electron chi connectivity index (χ3n) is 3.22. The maximum atomic E-state index is 13.6. The lowest BCUT2D eigenvalue weighted by molar-refractivity contribution is -0.139. The number of carboxylic acid groups (broad SMARTS) is 1. The molecular weight excluding hydrogens is 221 g/mol. The first-order valence-corrected chi connectivity index (χ1v) is 5.88. The van der Waals surface area contributed by atoms with Gasteiger partial charge in [-0.2, -0.15) is 0 Å². The molecule has 4 heteroatoms. The van der Waals surface area contributed by atoms with E-state index in [2.05, 4.69) is 4.90 Å². The van der Waals surface area contributed by atoms with E-state index in [4.69, 9.17) is 0 Å². The van der Waals surface area contributed by atoms with Crippen LogP contribution in [0.4, 0.5) is 4.39 Å². The van der Waals surface area contributed by atoms with Gasteiger partial charge in [0.05, 0.1) is 5.92 Å². The van der Waals surface area contributed by atoms with Crippen molar-refractivity contribution in [2.45, 2.75) is 18.8 Å². The molecule has 1 aromatic rings. The third kappa shape index (κ3) is 2.82. The second-order valence-electron chi connectivity index (χ2n) is 4.42. The average Bonchev–Trinajstić information content (AvgIpc) is 2.79. The van der Waals surface area contributed by atoms with Crippen molar-refractivity contribution < 1.29 is 14.3 Å². The van der Waals surface area contributed by atoms with E-state index in [9.17, 15) is 14.3 Å². The van der Waals surface area contributed by atoms with E-state index in [0.29, 0.717) is 6.54 Å². The van der Waals surface area contributed by atoms with Gasteiger partial charge in [0.15, 0.2) is 0 Å². The van der Waals surface area contributed by atoms with E-state index in [-0.39, 0.29) is 5.56 Å². The van der Waals surface area contributed by atoms with Gasteiger partial charge in [0.2, 0.25) is 0 Å². The van der Waals surface area contributed by atoms with Gasteiger partial charge in [0.1, 0.15) is 5.82 Å². The van der Waals surface area contributed by atoms with Crippen LogP contribution in [0.3, 0.4) is 0 Å². The molecule has 0 bridgehead atoms. The summed E-state index contributed by atoms with van der Waals surface area (Å²) in [6.45, 7) is 2.23. The summed E-state index contributed by atoms with van der Waals surface area (Å²) >= 11 is 0. The SMILES string of the molecule is O=C(O)C(CN1CCCC1)c1ccccc1F. The number of hydrogen-bond acceptors (Lipinski definition) is 2. The minimum Gasteiger partial charge on any atom is -0.481 e. The second-order valence-corrected chi connectivity index (χ2v) is 4.42. The molecule has 0 aliphatic carbocycles. The highest BCUT2D eigenvalue weighted by Crippen LogP contribution is 2.22. The van der Waals surface area contributed by atoms with Crippen LogP contribution in [0.25, 0.3) is 0 Å². The first-order chi connectivity index (χ1) is 8.18. The maximum absolute atomic E-state index is 13.6. The topological polar surface area (TPSA) is 40.5 Å².